The highest BCUT2D eigenvalue weighted by molar-refractivity contribution is 8.01. The summed E-state index contributed by atoms with van der Waals surface area (Å²) in [5.74, 6) is -0.232. The van der Waals surface area contributed by atoms with Crippen LogP contribution >= 0.6 is 11.8 Å². The van der Waals surface area contributed by atoms with Gasteiger partial charge in [0.1, 0.15) is 10.9 Å². The lowest BCUT2D eigenvalue weighted by Gasteiger charge is -2.37. The fourth-order valence-electron chi connectivity index (χ4n) is 1.90. The number of aliphatic carboxylic acids is 1. The Labute approximate surface area is 129 Å². The van der Waals surface area contributed by atoms with Gasteiger partial charge in [0, 0.05) is 23.8 Å². The van der Waals surface area contributed by atoms with Crippen molar-refractivity contribution >= 4 is 33.6 Å². The molecule has 0 aromatic rings. The van der Waals surface area contributed by atoms with Crippen molar-refractivity contribution in [2.75, 3.05) is 23.8 Å². The minimum Gasteiger partial charge on any atom is -0.480 e. The number of hydrogen-bond acceptors (Lipinski definition) is 5. The molecule has 1 fully saturated rings. The Bertz CT molecular complexity index is 508. The summed E-state index contributed by atoms with van der Waals surface area (Å²) in [4.78, 5) is 24.8. The van der Waals surface area contributed by atoms with Crippen molar-refractivity contribution in [3.8, 4) is 0 Å². The summed E-state index contributed by atoms with van der Waals surface area (Å²) in [6, 6.07) is -0.635. The van der Waals surface area contributed by atoms with E-state index in [2.05, 4.69) is 5.32 Å². The average molecular weight is 338 g/mol. The molecule has 1 heterocycles. The third kappa shape index (κ3) is 4.03. The van der Waals surface area contributed by atoms with Gasteiger partial charge in [-0.1, -0.05) is 13.8 Å². The van der Waals surface area contributed by atoms with Crippen molar-refractivity contribution in [3.05, 3.63) is 0 Å². The molecule has 0 radical (unpaired) electrons. The molecule has 0 spiro atoms. The smallest absolute Gasteiger partial charge is 0.329 e. The molecule has 122 valence electrons. The molecule has 1 aliphatic rings. The van der Waals surface area contributed by atoms with Crippen molar-refractivity contribution in [1.29, 1.82) is 0 Å². The monoisotopic (exact) mass is 338 g/mol. The van der Waals surface area contributed by atoms with Gasteiger partial charge in [0.15, 0.2) is 9.84 Å². The van der Waals surface area contributed by atoms with E-state index in [4.69, 9.17) is 0 Å². The first-order valence-corrected chi connectivity index (χ1v) is 9.66. The molecule has 0 aromatic heterocycles. The molecule has 2 unspecified atom stereocenters. The van der Waals surface area contributed by atoms with Crippen LogP contribution in [0.2, 0.25) is 0 Å². The van der Waals surface area contributed by atoms with Crippen molar-refractivity contribution in [2.45, 2.75) is 38.1 Å². The predicted octanol–water partition coefficient (Wildman–Crippen LogP) is 0.759. The van der Waals surface area contributed by atoms with Crippen LogP contribution in [0, 0.1) is 0 Å². The van der Waals surface area contributed by atoms with E-state index in [1.807, 2.05) is 0 Å². The molecule has 1 saturated heterocycles. The van der Waals surface area contributed by atoms with Crippen LogP contribution in [0.25, 0.3) is 0 Å². The molecule has 2 N–H and O–H groups in total. The van der Waals surface area contributed by atoms with Crippen LogP contribution in [0.3, 0.4) is 0 Å². The topological polar surface area (TPSA) is 104 Å². The van der Waals surface area contributed by atoms with Crippen LogP contribution in [-0.2, 0) is 14.6 Å². The summed E-state index contributed by atoms with van der Waals surface area (Å²) in [5, 5.41) is 10.8. The Morgan fingerprint density at radius 3 is 2.52 bits per heavy atom. The second kappa shape index (κ2) is 6.87. The molecule has 1 aliphatic heterocycles. The number of carbonyl (C=O) groups is 2. The average Bonchev–Trinajstić information content (AvgIpc) is 2.46. The summed E-state index contributed by atoms with van der Waals surface area (Å²) in [6.07, 6.45) is 0.210. The van der Waals surface area contributed by atoms with Crippen molar-refractivity contribution in [1.82, 2.24) is 10.2 Å². The number of urea groups is 1. The van der Waals surface area contributed by atoms with Gasteiger partial charge in [0.05, 0.1) is 0 Å². The zero-order valence-corrected chi connectivity index (χ0v) is 14.1. The van der Waals surface area contributed by atoms with Crippen molar-refractivity contribution in [3.63, 3.8) is 0 Å². The fourth-order valence-corrected chi connectivity index (χ4v) is 4.87. The van der Waals surface area contributed by atoms with E-state index in [0.29, 0.717) is 18.1 Å². The second-order valence-corrected chi connectivity index (χ2v) is 8.69. The number of rotatable bonds is 5. The van der Waals surface area contributed by atoms with E-state index in [0.717, 1.165) is 0 Å². The maximum Gasteiger partial charge on any atom is 0.329 e. The van der Waals surface area contributed by atoms with E-state index in [1.54, 1.807) is 6.92 Å². The van der Waals surface area contributed by atoms with Gasteiger partial charge >= 0.3 is 12.0 Å². The van der Waals surface area contributed by atoms with Crippen LogP contribution in [0.15, 0.2) is 0 Å². The quantitative estimate of drug-likeness (QED) is 0.767. The number of amides is 2. The van der Waals surface area contributed by atoms with Crippen LogP contribution < -0.4 is 5.32 Å². The molecule has 7 nitrogen and oxygen atoms in total. The molecule has 1 rings (SSSR count). The first-order chi connectivity index (χ1) is 9.68. The minimum absolute atomic E-state index is 0.0496. The summed E-state index contributed by atoms with van der Waals surface area (Å²) < 4.78 is 24.2. The van der Waals surface area contributed by atoms with E-state index in [9.17, 15) is 23.1 Å². The van der Waals surface area contributed by atoms with Gasteiger partial charge in [0.2, 0.25) is 0 Å². The molecular formula is C12H22N2O5S2. The zero-order valence-electron chi connectivity index (χ0n) is 12.5. The Kier molecular flexibility index (Phi) is 5.92. The van der Waals surface area contributed by atoms with Gasteiger partial charge in [0.25, 0.3) is 0 Å². The Morgan fingerprint density at radius 1 is 1.43 bits per heavy atom. The third-order valence-corrected chi connectivity index (χ3v) is 7.01. The van der Waals surface area contributed by atoms with Gasteiger partial charge in [-0.15, -0.1) is 0 Å². The third-order valence-electron chi connectivity index (χ3n) is 3.72. The van der Waals surface area contributed by atoms with Gasteiger partial charge in [-0.3, -0.25) is 0 Å². The Morgan fingerprint density at radius 2 is 2.05 bits per heavy atom. The number of sulfone groups is 1. The molecule has 2 atom stereocenters. The first-order valence-electron chi connectivity index (χ1n) is 6.79. The molecule has 0 saturated carbocycles. The number of nitrogens with one attached hydrogen (secondary N) is 1. The molecule has 9 heteroatoms. The number of hydrogen-bond donors (Lipinski definition) is 2. The van der Waals surface area contributed by atoms with Crippen LogP contribution in [-0.4, -0.2) is 65.1 Å². The fraction of sp³-hybridized carbons (Fsp3) is 0.833. The lowest BCUT2D eigenvalue weighted by atomic mass is 10.00. The maximum absolute atomic E-state index is 12.3. The SMILES string of the molecule is CCC(C)(NC(=O)N1CCSCC1S(=O)(=O)CC)C(=O)O. The number of nitrogens with zero attached hydrogens (tertiary/aromatic N) is 1. The number of carbonyl (C=O) groups excluding carboxylic acids is 1. The molecule has 0 bridgehead atoms. The number of carboxylic acid groups (broad SMARTS) is 1. The minimum atomic E-state index is -3.40. The van der Waals surface area contributed by atoms with E-state index >= 15 is 0 Å². The first kappa shape index (κ1) is 18.1. The van der Waals surface area contributed by atoms with Crippen LogP contribution in [0.1, 0.15) is 27.2 Å². The van der Waals surface area contributed by atoms with Crippen LogP contribution in [0.4, 0.5) is 4.79 Å². The number of carboxylic acids is 1. The van der Waals surface area contributed by atoms with Crippen molar-refractivity contribution < 1.29 is 23.1 Å². The van der Waals surface area contributed by atoms with E-state index in [1.165, 1.54) is 30.5 Å². The summed E-state index contributed by atoms with van der Waals surface area (Å²) in [7, 11) is -3.40. The summed E-state index contributed by atoms with van der Waals surface area (Å²) >= 11 is 1.48. The largest absolute Gasteiger partial charge is 0.480 e. The van der Waals surface area contributed by atoms with Gasteiger partial charge in [-0.25, -0.2) is 18.0 Å². The van der Waals surface area contributed by atoms with Gasteiger partial charge in [-0.05, 0) is 13.3 Å². The Balaban J connectivity index is 2.95. The second-order valence-electron chi connectivity index (χ2n) is 5.10. The van der Waals surface area contributed by atoms with Gasteiger partial charge < -0.3 is 15.3 Å². The van der Waals surface area contributed by atoms with Crippen molar-refractivity contribution in [2.24, 2.45) is 0 Å². The maximum atomic E-state index is 12.3. The molecule has 2 amide bonds. The summed E-state index contributed by atoms with van der Waals surface area (Å²) in [6.45, 7) is 4.90. The highest BCUT2D eigenvalue weighted by atomic mass is 32.2. The standard InChI is InChI=1S/C12H22N2O5S2/c1-4-12(3,10(15)16)13-11(17)14-6-7-20-8-9(14)21(18,19)5-2/h9H,4-8H2,1-3H3,(H,13,17)(H,15,16). The lowest BCUT2D eigenvalue weighted by Crippen LogP contribution is -2.60. The highest BCUT2D eigenvalue weighted by Crippen LogP contribution is 2.22. The normalized spacial score (nSPS) is 22.4. The number of thioether (sulfide) groups is 1. The highest BCUT2D eigenvalue weighted by Gasteiger charge is 2.40. The van der Waals surface area contributed by atoms with E-state index < -0.39 is 32.8 Å². The van der Waals surface area contributed by atoms with E-state index in [-0.39, 0.29) is 12.2 Å². The lowest BCUT2D eigenvalue weighted by molar-refractivity contribution is -0.143. The zero-order chi connectivity index (χ0) is 16.3. The summed E-state index contributed by atoms with van der Waals surface area (Å²) in [5.41, 5.74) is -1.40. The predicted molar refractivity (Wildman–Crippen MR) is 82.1 cm³/mol. The Hall–Kier alpha value is -0.960. The van der Waals surface area contributed by atoms with Gasteiger partial charge in [-0.2, -0.15) is 11.8 Å². The molecular weight excluding hydrogens is 316 g/mol. The molecule has 21 heavy (non-hydrogen) atoms. The molecule has 0 aromatic carbocycles. The van der Waals surface area contributed by atoms with Crippen LogP contribution in [0.5, 0.6) is 0 Å². The molecule has 0 aliphatic carbocycles.